The van der Waals surface area contributed by atoms with Gasteiger partial charge in [0, 0.05) is 16.8 Å². The Morgan fingerprint density at radius 3 is 2.55 bits per heavy atom. The molecule has 33 heavy (non-hydrogen) atoms. The van der Waals surface area contributed by atoms with Crippen LogP contribution in [0.3, 0.4) is 0 Å². The molecule has 1 fully saturated rings. The molecule has 0 radical (unpaired) electrons. The van der Waals surface area contributed by atoms with Gasteiger partial charge in [0.15, 0.2) is 6.23 Å². The van der Waals surface area contributed by atoms with E-state index in [0.717, 1.165) is 37.0 Å². The molecule has 1 saturated carbocycles. The molecule has 5 rings (SSSR count). The Morgan fingerprint density at radius 2 is 1.91 bits per heavy atom. The summed E-state index contributed by atoms with van der Waals surface area (Å²) in [6.07, 6.45) is -1.04. The molecule has 1 atom stereocenters. The highest BCUT2D eigenvalue weighted by atomic mass is 35.5. The molecule has 0 spiro atoms. The molecule has 3 N–H and O–H groups in total. The van der Waals surface area contributed by atoms with Crippen molar-refractivity contribution in [3.8, 4) is 0 Å². The summed E-state index contributed by atoms with van der Waals surface area (Å²) in [7, 11) is 0. The lowest BCUT2D eigenvalue weighted by Gasteiger charge is -2.40. The quantitative estimate of drug-likeness (QED) is 0.302. The van der Waals surface area contributed by atoms with E-state index in [1.807, 2.05) is 6.07 Å². The van der Waals surface area contributed by atoms with Crippen LogP contribution in [0.5, 0.6) is 0 Å². The van der Waals surface area contributed by atoms with E-state index in [4.69, 9.17) is 11.6 Å². The SMILES string of the molecule is OC(Nc1ccc(C2(c3nc4ccc(C(F)(F)F)cc4[nH]3)CCC2)cn1)c1cccc(Cl)c1. The van der Waals surface area contributed by atoms with Crippen molar-refractivity contribution in [1.82, 2.24) is 15.0 Å². The minimum absolute atomic E-state index is 0.363. The average Bonchev–Trinajstić information content (AvgIpc) is 3.17. The smallest absolute Gasteiger partial charge is 0.369 e. The second-order valence-corrected chi connectivity index (χ2v) is 8.72. The summed E-state index contributed by atoms with van der Waals surface area (Å²) >= 11 is 5.98. The topological polar surface area (TPSA) is 73.8 Å². The van der Waals surface area contributed by atoms with E-state index < -0.39 is 23.4 Å². The molecule has 1 aliphatic rings. The first kappa shape index (κ1) is 21.7. The Bertz CT molecular complexity index is 1300. The maximum absolute atomic E-state index is 13.1. The van der Waals surface area contributed by atoms with Crippen molar-refractivity contribution in [1.29, 1.82) is 0 Å². The minimum Gasteiger partial charge on any atom is -0.369 e. The zero-order valence-corrected chi connectivity index (χ0v) is 18.1. The van der Waals surface area contributed by atoms with Gasteiger partial charge in [0.05, 0.1) is 22.0 Å². The van der Waals surface area contributed by atoms with Crippen LogP contribution in [-0.2, 0) is 11.6 Å². The highest BCUT2D eigenvalue weighted by Gasteiger charge is 2.43. The Morgan fingerprint density at radius 1 is 1.09 bits per heavy atom. The van der Waals surface area contributed by atoms with Gasteiger partial charge >= 0.3 is 6.18 Å². The number of hydrogen-bond acceptors (Lipinski definition) is 4. The second kappa shape index (κ2) is 8.04. The number of anilines is 1. The second-order valence-electron chi connectivity index (χ2n) is 8.28. The van der Waals surface area contributed by atoms with E-state index in [2.05, 4.69) is 20.3 Å². The first-order chi connectivity index (χ1) is 15.7. The lowest BCUT2D eigenvalue weighted by molar-refractivity contribution is -0.137. The van der Waals surface area contributed by atoms with Gasteiger partial charge in [-0.2, -0.15) is 13.2 Å². The number of hydrogen-bond donors (Lipinski definition) is 3. The van der Waals surface area contributed by atoms with E-state index in [0.29, 0.717) is 33.3 Å². The molecular formula is C24H20ClF3N4O. The molecule has 0 amide bonds. The number of imidazole rings is 1. The van der Waals surface area contributed by atoms with Crippen molar-refractivity contribution < 1.29 is 18.3 Å². The van der Waals surface area contributed by atoms with E-state index in [9.17, 15) is 18.3 Å². The number of aliphatic hydroxyl groups excluding tert-OH is 1. The minimum atomic E-state index is -4.41. The van der Waals surface area contributed by atoms with E-state index in [1.165, 1.54) is 6.07 Å². The number of aliphatic hydroxyl groups is 1. The van der Waals surface area contributed by atoms with Gasteiger partial charge in [0.1, 0.15) is 11.6 Å². The number of rotatable bonds is 5. The van der Waals surface area contributed by atoms with Crippen LogP contribution in [0.15, 0.2) is 60.8 Å². The summed E-state index contributed by atoms with van der Waals surface area (Å²) in [4.78, 5) is 12.2. The van der Waals surface area contributed by atoms with Crippen LogP contribution in [0.1, 0.15) is 48.0 Å². The van der Waals surface area contributed by atoms with E-state index in [1.54, 1.807) is 36.5 Å². The van der Waals surface area contributed by atoms with E-state index >= 15 is 0 Å². The van der Waals surface area contributed by atoms with Crippen LogP contribution in [-0.4, -0.2) is 20.1 Å². The van der Waals surface area contributed by atoms with Gasteiger partial charge in [-0.15, -0.1) is 0 Å². The van der Waals surface area contributed by atoms with Crippen molar-refractivity contribution in [3.63, 3.8) is 0 Å². The number of halogens is 4. The number of aromatic amines is 1. The summed E-state index contributed by atoms with van der Waals surface area (Å²) in [6.45, 7) is 0. The zero-order valence-electron chi connectivity index (χ0n) is 17.3. The highest BCUT2D eigenvalue weighted by Crippen LogP contribution is 2.48. The third-order valence-electron chi connectivity index (χ3n) is 6.23. The summed E-state index contributed by atoms with van der Waals surface area (Å²) in [6, 6.07) is 14.1. The van der Waals surface area contributed by atoms with Crippen LogP contribution in [0.4, 0.5) is 19.0 Å². The first-order valence-corrected chi connectivity index (χ1v) is 10.9. The van der Waals surface area contributed by atoms with Crippen molar-refractivity contribution in [2.24, 2.45) is 0 Å². The van der Waals surface area contributed by atoms with E-state index in [-0.39, 0.29) is 0 Å². The summed E-state index contributed by atoms with van der Waals surface area (Å²) in [5.74, 6) is 1.13. The normalized spacial score (nSPS) is 16.4. The maximum Gasteiger partial charge on any atom is 0.416 e. The molecule has 1 unspecified atom stereocenters. The lowest BCUT2D eigenvalue weighted by Crippen LogP contribution is -2.36. The number of nitrogens with zero attached hydrogens (tertiary/aromatic N) is 2. The van der Waals surface area contributed by atoms with Gasteiger partial charge in [0.2, 0.25) is 0 Å². The standard InChI is InChI=1S/C24H20ClF3N4O/c25-17-4-1-3-14(11-17)21(33)32-20-8-6-16(13-29-20)23(9-2-10-23)22-30-18-7-5-15(24(26,27)28)12-19(18)31-22/h1,3-8,11-13,21,33H,2,9-10H2,(H,29,32)(H,30,31). The number of H-pyrrole nitrogens is 1. The monoisotopic (exact) mass is 472 g/mol. The Balaban J connectivity index is 1.41. The third-order valence-corrected chi connectivity index (χ3v) is 6.47. The first-order valence-electron chi connectivity index (χ1n) is 10.5. The average molecular weight is 473 g/mol. The fourth-order valence-electron chi connectivity index (χ4n) is 4.27. The molecule has 0 bridgehead atoms. The summed E-state index contributed by atoms with van der Waals surface area (Å²) in [5, 5.41) is 13.9. The van der Waals surface area contributed by atoms with Gasteiger partial charge in [-0.25, -0.2) is 9.97 Å². The Kier molecular flexibility index (Phi) is 5.29. The van der Waals surface area contributed by atoms with Gasteiger partial charge in [0.25, 0.3) is 0 Å². The van der Waals surface area contributed by atoms with Crippen molar-refractivity contribution in [2.75, 3.05) is 5.32 Å². The Hall–Kier alpha value is -3.10. The molecule has 2 aromatic carbocycles. The van der Waals surface area contributed by atoms with Crippen LogP contribution in [0.25, 0.3) is 11.0 Å². The molecule has 2 aromatic heterocycles. The fourth-order valence-corrected chi connectivity index (χ4v) is 4.47. The zero-order chi connectivity index (χ0) is 23.2. The van der Waals surface area contributed by atoms with Crippen molar-refractivity contribution in [2.45, 2.75) is 37.1 Å². The largest absolute Gasteiger partial charge is 0.416 e. The van der Waals surface area contributed by atoms with Crippen LogP contribution >= 0.6 is 11.6 Å². The molecule has 5 nitrogen and oxygen atoms in total. The van der Waals surface area contributed by atoms with Gasteiger partial charge in [-0.3, -0.25) is 0 Å². The van der Waals surface area contributed by atoms with Gasteiger partial charge in [-0.1, -0.05) is 36.2 Å². The van der Waals surface area contributed by atoms with Crippen LogP contribution < -0.4 is 5.32 Å². The van der Waals surface area contributed by atoms with Crippen LogP contribution in [0, 0.1) is 0 Å². The molecule has 9 heteroatoms. The molecule has 0 saturated heterocycles. The number of benzene rings is 2. The van der Waals surface area contributed by atoms with Gasteiger partial charge < -0.3 is 15.4 Å². The molecule has 1 aliphatic carbocycles. The molecule has 2 heterocycles. The molecular weight excluding hydrogens is 453 g/mol. The van der Waals surface area contributed by atoms with Crippen molar-refractivity contribution in [3.05, 3.63) is 88.3 Å². The summed E-state index contributed by atoms with van der Waals surface area (Å²) < 4.78 is 39.2. The van der Waals surface area contributed by atoms with Gasteiger partial charge in [-0.05, 0) is 54.8 Å². The number of fused-ring (bicyclic) bond motifs is 1. The number of aromatic nitrogens is 3. The van der Waals surface area contributed by atoms with Crippen molar-refractivity contribution >= 4 is 28.5 Å². The fraction of sp³-hybridized carbons (Fsp3) is 0.250. The number of nitrogens with one attached hydrogen (secondary N) is 2. The van der Waals surface area contributed by atoms with Crippen LogP contribution in [0.2, 0.25) is 5.02 Å². The Labute approximate surface area is 192 Å². The highest BCUT2D eigenvalue weighted by molar-refractivity contribution is 6.30. The lowest BCUT2D eigenvalue weighted by atomic mass is 9.64. The molecule has 0 aliphatic heterocycles. The molecule has 170 valence electrons. The maximum atomic E-state index is 13.1. The predicted molar refractivity (Wildman–Crippen MR) is 120 cm³/mol. The summed E-state index contributed by atoms with van der Waals surface area (Å²) in [5.41, 5.74) is 1.27. The predicted octanol–water partition coefficient (Wildman–Crippen LogP) is 6.20. The third kappa shape index (κ3) is 4.05. The number of alkyl halides is 3. The molecule has 4 aromatic rings. The number of pyridine rings is 1.